The van der Waals surface area contributed by atoms with Crippen LogP contribution in [-0.4, -0.2) is 28.4 Å². The summed E-state index contributed by atoms with van der Waals surface area (Å²) in [5.41, 5.74) is 7.83. The fraction of sp³-hybridized carbons (Fsp3) is 0.571. The summed E-state index contributed by atoms with van der Waals surface area (Å²) < 4.78 is 0. The number of rotatable bonds is 3. The summed E-state index contributed by atoms with van der Waals surface area (Å²) >= 11 is 0. The molecule has 0 aromatic carbocycles. The van der Waals surface area contributed by atoms with Gasteiger partial charge in [0.15, 0.2) is 0 Å². The van der Waals surface area contributed by atoms with Crippen molar-refractivity contribution >= 4 is 11.6 Å². The highest BCUT2D eigenvalue weighted by Crippen LogP contribution is 2.25. The van der Waals surface area contributed by atoms with Crippen LogP contribution in [0, 0.1) is 6.92 Å². The molecule has 0 bridgehead atoms. The largest absolute Gasteiger partial charge is 0.398 e. The van der Waals surface area contributed by atoms with Crippen molar-refractivity contribution in [1.82, 2.24) is 9.88 Å². The maximum Gasteiger partial charge on any atom is 0.257 e. The van der Waals surface area contributed by atoms with Crippen LogP contribution < -0.4 is 5.73 Å². The van der Waals surface area contributed by atoms with E-state index in [0.717, 1.165) is 25.1 Å². The van der Waals surface area contributed by atoms with E-state index < -0.39 is 0 Å². The highest BCUT2D eigenvalue weighted by molar-refractivity contribution is 5.99. The van der Waals surface area contributed by atoms with Gasteiger partial charge >= 0.3 is 0 Å². The predicted molar refractivity (Wildman–Crippen MR) is 72.4 cm³/mol. The zero-order valence-corrected chi connectivity index (χ0v) is 11.1. The molecule has 18 heavy (non-hydrogen) atoms. The van der Waals surface area contributed by atoms with Crippen LogP contribution in [0.1, 0.15) is 48.7 Å². The Labute approximate surface area is 108 Å². The van der Waals surface area contributed by atoms with Crippen molar-refractivity contribution in [2.24, 2.45) is 0 Å². The van der Waals surface area contributed by atoms with Gasteiger partial charge in [-0.2, -0.15) is 0 Å². The molecule has 0 radical (unpaired) electrons. The molecule has 1 saturated carbocycles. The van der Waals surface area contributed by atoms with Gasteiger partial charge < -0.3 is 10.6 Å². The molecule has 0 aliphatic heterocycles. The molecule has 0 atom stereocenters. The second kappa shape index (κ2) is 5.38. The molecule has 1 heterocycles. The molecule has 1 aromatic rings. The van der Waals surface area contributed by atoms with E-state index in [9.17, 15) is 4.79 Å². The van der Waals surface area contributed by atoms with Gasteiger partial charge in [-0.1, -0.05) is 12.8 Å². The van der Waals surface area contributed by atoms with Gasteiger partial charge in [0.05, 0.1) is 5.56 Å². The van der Waals surface area contributed by atoms with E-state index in [4.69, 9.17) is 5.73 Å². The quantitative estimate of drug-likeness (QED) is 0.892. The molecule has 2 rings (SSSR count). The molecule has 4 nitrogen and oxygen atoms in total. The molecule has 1 amide bonds. The molecule has 0 saturated heterocycles. The Balaban J connectivity index is 2.22. The zero-order chi connectivity index (χ0) is 13.1. The molecule has 1 fully saturated rings. The Morgan fingerprint density at radius 3 is 2.72 bits per heavy atom. The fourth-order valence-electron chi connectivity index (χ4n) is 2.70. The van der Waals surface area contributed by atoms with Crippen molar-refractivity contribution in [1.29, 1.82) is 0 Å². The first-order chi connectivity index (χ1) is 8.63. The summed E-state index contributed by atoms with van der Waals surface area (Å²) in [5, 5.41) is 0. The summed E-state index contributed by atoms with van der Waals surface area (Å²) in [5.74, 6) is 0.0226. The minimum atomic E-state index is 0.0226. The van der Waals surface area contributed by atoms with Crippen LogP contribution in [-0.2, 0) is 0 Å². The standard InChI is InChI=1S/C14H21N3O/c1-3-17(11-6-4-5-7-11)14(18)12-9-16-10(2)8-13(12)15/h8-9,11H,3-7H2,1-2H3,(H2,15,16). The highest BCUT2D eigenvalue weighted by Gasteiger charge is 2.27. The van der Waals surface area contributed by atoms with E-state index in [1.807, 2.05) is 18.7 Å². The zero-order valence-electron chi connectivity index (χ0n) is 11.1. The van der Waals surface area contributed by atoms with Crippen LogP contribution in [0.25, 0.3) is 0 Å². The number of aromatic nitrogens is 1. The van der Waals surface area contributed by atoms with Crippen molar-refractivity contribution in [3.05, 3.63) is 23.5 Å². The Bertz CT molecular complexity index is 439. The van der Waals surface area contributed by atoms with Gasteiger partial charge in [-0.25, -0.2) is 0 Å². The van der Waals surface area contributed by atoms with Crippen LogP contribution >= 0.6 is 0 Å². The maximum absolute atomic E-state index is 12.5. The Kier molecular flexibility index (Phi) is 3.84. The molecule has 2 N–H and O–H groups in total. The number of aryl methyl sites for hydroxylation is 1. The number of nitrogen functional groups attached to an aromatic ring is 1. The number of nitrogens with two attached hydrogens (primary N) is 1. The smallest absolute Gasteiger partial charge is 0.257 e. The molecule has 0 unspecified atom stereocenters. The molecule has 4 heteroatoms. The third-order valence-electron chi connectivity index (χ3n) is 3.67. The van der Waals surface area contributed by atoms with E-state index in [1.165, 1.54) is 12.8 Å². The fourth-order valence-corrected chi connectivity index (χ4v) is 2.70. The summed E-state index contributed by atoms with van der Waals surface area (Å²) in [6, 6.07) is 2.14. The maximum atomic E-state index is 12.5. The predicted octanol–water partition coefficient (Wildman–Crippen LogP) is 2.38. The van der Waals surface area contributed by atoms with Crippen molar-refractivity contribution in [2.75, 3.05) is 12.3 Å². The number of nitrogens with zero attached hydrogens (tertiary/aromatic N) is 2. The molecule has 1 aliphatic carbocycles. The van der Waals surface area contributed by atoms with Gasteiger partial charge in [-0.3, -0.25) is 9.78 Å². The van der Waals surface area contributed by atoms with Crippen LogP contribution in [0.15, 0.2) is 12.3 Å². The average Bonchev–Trinajstić information content (AvgIpc) is 2.83. The first-order valence-corrected chi connectivity index (χ1v) is 6.66. The van der Waals surface area contributed by atoms with Gasteiger partial charge in [0.2, 0.25) is 0 Å². The third kappa shape index (κ3) is 2.47. The normalized spacial score (nSPS) is 15.9. The number of pyridine rings is 1. The summed E-state index contributed by atoms with van der Waals surface area (Å²) in [6.45, 7) is 4.63. The van der Waals surface area contributed by atoms with Crippen molar-refractivity contribution < 1.29 is 4.79 Å². The molecular formula is C14H21N3O. The first-order valence-electron chi connectivity index (χ1n) is 6.66. The van der Waals surface area contributed by atoms with Gasteiger partial charge in [0, 0.05) is 30.2 Å². The SMILES string of the molecule is CCN(C(=O)c1cnc(C)cc1N)C1CCCC1. The Hall–Kier alpha value is -1.58. The van der Waals surface area contributed by atoms with Crippen LogP contribution in [0.2, 0.25) is 0 Å². The van der Waals surface area contributed by atoms with Gasteiger partial charge in [0.25, 0.3) is 5.91 Å². The number of carbonyl (C=O) groups excluding carboxylic acids is 1. The summed E-state index contributed by atoms with van der Waals surface area (Å²) in [4.78, 5) is 18.6. The molecular weight excluding hydrogens is 226 g/mol. The van der Waals surface area contributed by atoms with Crippen molar-refractivity contribution in [3.63, 3.8) is 0 Å². The van der Waals surface area contributed by atoms with E-state index in [1.54, 1.807) is 12.3 Å². The van der Waals surface area contributed by atoms with Crippen molar-refractivity contribution in [2.45, 2.75) is 45.6 Å². The number of carbonyl (C=O) groups is 1. The number of hydrogen-bond donors (Lipinski definition) is 1. The minimum absolute atomic E-state index is 0.0226. The van der Waals surface area contributed by atoms with Gasteiger partial charge in [-0.15, -0.1) is 0 Å². The first kappa shape index (κ1) is 12.9. The topological polar surface area (TPSA) is 59.2 Å². The number of hydrogen-bond acceptors (Lipinski definition) is 3. The summed E-state index contributed by atoms with van der Waals surface area (Å²) in [7, 11) is 0. The lowest BCUT2D eigenvalue weighted by Gasteiger charge is -2.28. The molecule has 1 aromatic heterocycles. The van der Waals surface area contributed by atoms with Gasteiger partial charge in [0.1, 0.15) is 0 Å². The summed E-state index contributed by atoms with van der Waals surface area (Å²) in [6.07, 6.45) is 6.26. The lowest BCUT2D eigenvalue weighted by molar-refractivity contribution is 0.0694. The highest BCUT2D eigenvalue weighted by atomic mass is 16.2. The second-order valence-electron chi connectivity index (χ2n) is 4.94. The lowest BCUT2D eigenvalue weighted by Crippen LogP contribution is -2.39. The monoisotopic (exact) mass is 247 g/mol. The van der Waals surface area contributed by atoms with Crippen LogP contribution in [0.4, 0.5) is 5.69 Å². The second-order valence-corrected chi connectivity index (χ2v) is 4.94. The molecule has 1 aliphatic rings. The van der Waals surface area contributed by atoms with E-state index >= 15 is 0 Å². The van der Waals surface area contributed by atoms with E-state index in [-0.39, 0.29) is 5.91 Å². The third-order valence-corrected chi connectivity index (χ3v) is 3.67. The van der Waals surface area contributed by atoms with E-state index in [0.29, 0.717) is 17.3 Å². The lowest BCUT2D eigenvalue weighted by atomic mass is 10.1. The average molecular weight is 247 g/mol. The Morgan fingerprint density at radius 2 is 2.17 bits per heavy atom. The number of anilines is 1. The van der Waals surface area contributed by atoms with Crippen LogP contribution in [0.3, 0.4) is 0 Å². The number of amides is 1. The Morgan fingerprint density at radius 1 is 1.50 bits per heavy atom. The molecule has 0 spiro atoms. The minimum Gasteiger partial charge on any atom is -0.398 e. The van der Waals surface area contributed by atoms with Gasteiger partial charge in [-0.05, 0) is 32.8 Å². The van der Waals surface area contributed by atoms with E-state index in [2.05, 4.69) is 4.98 Å². The molecule has 98 valence electrons. The van der Waals surface area contributed by atoms with Crippen LogP contribution in [0.5, 0.6) is 0 Å². The van der Waals surface area contributed by atoms with Crippen molar-refractivity contribution in [3.8, 4) is 0 Å².